The van der Waals surface area contributed by atoms with Gasteiger partial charge in [-0.3, -0.25) is 4.79 Å². The molecule has 35 heavy (non-hydrogen) atoms. The highest BCUT2D eigenvalue weighted by Crippen LogP contribution is 2.44. The third-order valence-corrected chi connectivity index (χ3v) is 5.53. The maximum Gasteiger partial charge on any atom is 0.239 e. The molecule has 0 saturated carbocycles. The molecule has 0 bridgehead atoms. The molecule has 2 heterocycles. The van der Waals surface area contributed by atoms with Crippen LogP contribution in [0, 0.1) is 0 Å². The number of ether oxygens (including phenoxy) is 3. The Bertz CT molecular complexity index is 1320. The lowest BCUT2D eigenvalue weighted by Gasteiger charge is -2.39. The first kappa shape index (κ1) is 24.4. The zero-order valence-electron chi connectivity index (χ0n) is 18.0. The number of aromatic hydroxyl groups is 4. The van der Waals surface area contributed by atoms with Crippen LogP contribution in [0.1, 0.15) is 0 Å². The van der Waals surface area contributed by atoms with E-state index in [-0.39, 0.29) is 28.0 Å². The van der Waals surface area contributed by atoms with E-state index in [9.17, 15) is 45.6 Å². The second-order valence-corrected chi connectivity index (χ2v) is 7.79. The number of phenols is 4. The van der Waals surface area contributed by atoms with Crippen molar-refractivity contribution >= 4 is 11.0 Å². The molecular weight excluding hydrogens is 472 g/mol. The quantitative estimate of drug-likeness (QED) is 0.209. The summed E-state index contributed by atoms with van der Waals surface area (Å²) in [5, 5.41) is 79.5. The fraction of sp³-hybridized carbons (Fsp3) is 0.318. The fourth-order valence-corrected chi connectivity index (χ4v) is 3.75. The Hall–Kier alpha value is -3.75. The molecule has 5 atom stereocenters. The number of aliphatic hydroxyl groups excluding tert-OH is 4. The van der Waals surface area contributed by atoms with Crippen LogP contribution in [0.2, 0.25) is 0 Å². The van der Waals surface area contributed by atoms with Crippen LogP contribution in [0.15, 0.2) is 33.5 Å². The van der Waals surface area contributed by atoms with E-state index in [2.05, 4.69) is 0 Å². The lowest BCUT2D eigenvalue weighted by Crippen LogP contribution is -2.60. The summed E-state index contributed by atoms with van der Waals surface area (Å²) in [6, 6.07) is 4.11. The average Bonchev–Trinajstić information content (AvgIpc) is 2.81. The normalized spacial score (nSPS) is 24.4. The van der Waals surface area contributed by atoms with E-state index in [0.29, 0.717) is 0 Å². The van der Waals surface area contributed by atoms with E-state index >= 15 is 0 Å². The van der Waals surface area contributed by atoms with E-state index in [1.807, 2.05) is 0 Å². The maximum absolute atomic E-state index is 12.9. The van der Waals surface area contributed by atoms with Crippen molar-refractivity contribution in [2.75, 3.05) is 13.7 Å². The highest BCUT2D eigenvalue weighted by atomic mass is 16.7. The summed E-state index contributed by atoms with van der Waals surface area (Å²) in [6.07, 6.45) is -8.20. The van der Waals surface area contributed by atoms with Gasteiger partial charge >= 0.3 is 0 Å². The number of hydrogen-bond donors (Lipinski definition) is 8. The zero-order chi connectivity index (χ0) is 25.6. The Balaban J connectivity index is 1.82. The highest BCUT2D eigenvalue weighted by Gasteiger charge is 2.45. The summed E-state index contributed by atoms with van der Waals surface area (Å²) >= 11 is 0. The molecule has 1 saturated heterocycles. The minimum absolute atomic E-state index is 0.0708. The lowest BCUT2D eigenvalue weighted by atomic mass is 9.99. The molecule has 13 heteroatoms. The number of rotatable bonds is 5. The van der Waals surface area contributed by atoms with Crippen molar-refractivity contribution in [2.24, 2.45) is 0 Å². The minimum atomic E-state index is -1.81. The first-order valence-corrected chi connectivity index (χ1v) is 10.2. The molecule has 8 N–H and O–H groups in total. The van der Waals surface area contributed by atoms with Crippen molar-refractivity contribution in [3.63, 3.8) is 0 Å². The Morgan fingerprint density at radius 1 is 0.943 bits per heavy atom. The van der Waals surface area contributed by atoms with Crippen LogP contribution in [-0.2, 0) is 4.74 Å². The zero-order valence-corrected chi connectivity index (χ0v) is 18.0. The third kappa shape index (κ3) is 4.15. The van der Waals surface area contributed by atoms with Gasteiger partial charge in [-0.15, -0.1) is 0 Å². The van der Waals surface area contributed by atoms with Crippen molar-refractivity contribution in [1.29, 1.82) is 0 Å². The van der Waals surface area contributed by atoms with Gasteiger partial charge in [0.1, 0.15) is 46.9 Å². The Labute approximate surface area is 195 Å². The van der Waals surface area contributed by atoms with Crippen LogP contribution in [-0.4, -0.2) is 85.3 Å². The molecule has 0 spiro atoms. The second kappa shape index (κ2) is 9.13. The predicted octanol–water partition coefficient (Wildman–Crippen LogP) is -0.530. The van der Waals surface area contributed by atoms with Gasteiger partial charge in [0.2, 0.25) is 23.2 Å². The smallest absolute Gasteiger partial charge is 0.239 e. The van der Waals surface area contributed by atoms with Crippen molar-refractivity contribution < 1.29 is 59.5 Å². The number of phenolic OH excluding ortho intramolecular Hbond substituents is 4. The van der Waals surface area contributed by atoms with Crippen LogP contribution >= 0.6 is 0 Å². The van der Waals surface area contributed by atoms with Crippen molar-refractivity contribution in [3.05, 3.63) is 34.5 Å². The van der Waals surface area contributed by atoms with E-state index in [1.165, 1.54) is 0 Å². The lowest BCUT2D eigenvalue weighted by molar-refractivity contribution is -0.277. The molecule has 1 fully saturated rings. The van der Waals surface area contributed by atoms with Gasteiger partial charge < -0.3 is 59.5 Å². The van der Waals surface area contributed by atoms with Crippen LogP contribution in [0.3, 0.4) is 0 Å². The van der Waals surface area contributed by atoms with Crippen LogP contribution < -0.4 is 14.9 Å². The highest BCUT2D eigenvalue weighted by molar-refractivity contribution is 5.88. The molecule has 188 valence electrons. The molecule has 2 aromatic carbocycles. The number of methoxy groups -OCH3 is 1. The largest absolute Gasteiger partial charge is 0.508 e. The summed E-state index contributed by atoms with van der Waals surface area (Å²) in [6.45, 7) is -0.721. The molecule has 0 aliphatic carbocycles. The summed E-state index contributed by atoms with van der Waals surface area (Å²) in [5.41, 5.74) is -1.09. The van der Waals surface area contributed by atoms with E-state index in [4.69, 9.17) is 18.6 Å². The maximum atomic E-state index is 12.9. The third-order valence-electron chi connectivity index (χ3n) is 5.53. The van der Waals surface area contributed by atoms with Crippen molar-refractivity contribution in [1.82, 2.24) is 0 Å². The Morgan fingerprint density at radius 2 is 1.66 bits per heavy atom. The van der Waals surface area contributed by atoms with Gasteiger partial charge in [0.25, 0.3) is 0 Å². The van der Waals surface area contributed by atoms with Gasteiger partial charge in [-0.25, -0.2) is 0 Å². The average molecular weight is 494 g/mol. The molecular formula is C22H22O13. The first-order chi connectivity index (χ1) is 16.6. The van der Waals surface area contributed by atoms with Crippen LogP contribution in [0.4, 0.5) is 0 Å². The summed E-state index contributed by atoms with van der Waals surface area (Å²) in [4.78, 5) is 12.9. The summed E-state index contributed by atoms with van der Waals surface area (Å²) in [7, 11) is 1.16. The standard InChI is InChI=1S/C22H22O13/c1-32-21-17(29)14-9(25)4-8(24)5-11(14)33-20(21)7-2-10(26)15(27)12(3-7)34-22-19(31)18(30)16(28)13(6-23)35-22/h2-5,13,16,18-19,22-28,30-31H,6H2,1H3/t13-,16-,18-,19-,22-/m0/s1. The molecule has 3 aromatic rings. The predicted molar refractivity (Wildman–Crippen MR) is 116 cm³/mol. The van der Waals surface area contributed by atoms with E-state index in [0.717, 1.165) is 31.4 Å². The van der Waals surface area contributed by atoms with Crippen LogP contribution in [0.25, 0.3) is 22.3 Å². The fourth-order valence-electron chi connectivity index (χ4n) is 3.75. The SMILES string of the molecule is COc1c(-c2cc(O)c(O)c(O[C@H]3O[C@@H](CO)[C@H](O)[C@H](O)[C@@H]3O)c2)oc2cc(O)cc(O)c2c1=O. The van der Waals surface area contributed by atoms with Gasteiger partial charge in [0, 0.05) is 17.7 Å². The van der Waals surface area contributed by atoms with Gasteiger partial charge in [0.15, 0.2) is 17.3 Å². The second-order valence-electron chi connectivity index (χ2n) is 7.79. The number of hydrogen-bond acceptors (Lipinski definition) is 13. The van der Waals surface area contributed by atoms with E-state index in [1.54, 1.807) is 0 Å². The summed E-state index contributed by atoms with van der Waals surface area (Å²) < 4.78 is 21.5. The molecule has 0 unspecified atom stereocenters. The number of aliphatic hydroxyl groups is 4. The van der Waals surface area contributed by atoms with Gasteiger partial charge in [-0.05, 0) is 12.1 Å². The number of fused-ring (bicyclic) bond motifs is 1. The molecule has 0 amide bonds. The van der Waals surface area contributed by atoms with E-state index < -0.39 is 71.5 Å². The van der Waals surface area contributed by atoms with Gasteiger partial charge in [-0.1, -0.05) is 0 Å². The Kier molecular flexibility index (Phi) is 6.36. The van der Waals surface area contributed by atoms with Crippen LogP contribution in [0.5, 0.6) is 34.5 Å². The molecule has 0 radical (unpaired) electrons. The number of benzene rings is 2. The Morgan fingerprint density at radius 3 is 2.31 bits per heavy atom. The molecule has 4 rings (SSSR count). The molecule has 13 nitrogen and oxygen atoms in total. The van der Waals surface area contributed by atoms with Gasteiger partial charge in [-0.2, -0.15) is 0 Å². The van der Waals surface area contributed by atoms with Crippen molar-refractivity contribution in [3.8, 4) is 45.8 Å². The first-order valence-electron chi connectivity index (χ1n) is 10.2. The topological polar surface area (TPSA) is 220 Å². The van der Waals surface area contributed by atoms with Gasteiger partial charge in [0.05, 0.1) is 13.7 Å². The molecule has 1 aliphatic heterocycles. The molecule has 1 aliphatic rings. The summed E-state index contributed by atoms with van der Waals surface area (Å²) in [5.74, 6) is -3.65. The molecule has 1 aromatic heterocycles. The monoisotopic (exact) mass is 494 g/mol. The minimum Gasteiger partial charge on any atom is -0.508 e. The van der Waals surface area contributed by atoms with Crippen molar-refractivity contribution in [2.45, 2.75) is 30.7 Å².